The van der Waals surface area contributed by atoms with Gasteiger partial charge in [0.2, 0.25) is 0 Å². The summed E-state index contributed by atoms with van der Waals surface area (Å²) in [5.41, 5.74) is 2.15. The SMILES string of the molecule is COc1ccc(CBr)c(C(C)C=O)c1. The fraction of sp³-hybridized carbons (Fsp3) is 0.364. The summed E-state index contributed by atoms with van der Waals surface area (Å²) in [6.07, 6.45) is 0.945. The van der Waals surface area contributed by atoms with Crippen molar-refractivity contribution in [3.63, 3.8) is 0 Å². The Hall–Kier alpha value is -0.830. The zero-order valence-electron chi connectivity index (χ0n) is 8.29. The van der Waals surface area contributed by atoms with Crippen molar-refractivity contribution in [2.24, 2.45) is 0 Å². The summed E-state index contributed by atoms with van der Waals surface area (Å²) in [7, 11) is 1.62. The van der Waals surface area contributed by atoms with Crippen molar-refractivity contribution >= 4 is 22.2 Å². The van der Waals surface area contributed by atoms with Crippen LogP contribution in [0.5, 0.6) is 5.75 Å². The molecule has 1 aromatic rings. The number of halogens is 1. The minimum absolute atomic E-state index is 0.0855. The summed E-state index contributed by atoms with van der Waals surface area (Å²) in [5, 5.41) is 0.754. The summed E-state index contributed by atoms with van der Waals surface area (Å²) in [5.74, 6) is 0.705. The maximum atomic E-state index is 10.7. The van der Waals surface area contributed by atoms with Crippen LogP contribution in [0.25, 0.3) is 0 Å². The highest BCUT2D eigenvalue weighted by Gasteiger charge is 2.10. The largest absolute Gasteiger partial charge is 0.497 e. The van der Waals surface area contributed by atoms with Gasteiger partial charge in [-0.05, 0) is 23.3 Å². The van der Waals surface area contributed by atoms with Crippen molar-refractivity contribution in [3.05, 3.63) is 29.3 Å². The van der Waals surface area contributed by atoms with E-state index in [0.29, 0.717) is 0 Å². The highest BCUT2D eigenvalue weighted by Crippen LogP contribution is 2.25. The highest BCUT2D eigenvalue weighted by atomic mass is 79.9. The van der Waals surface area contributed by atoms with Gasteiger partial charge in [0.1, 0.15) is 12.0 Å². The van der Waals surface area contributed by atoms with E-state index >= 15 is 0 Å². The van der Waals surface area contributed by atoms with E-state index in [1.165, 1.54) is 0 Å². The third-order valence-corrected chi connectivity index (χ3v) is 2.80. The Bertz CT molecular complexity index is 323. The molecule has 1 rings (SSSR count). The van der Waals surface area contributed by atoms with Gasteiger partial charge >= 0.3 is 0 Å². The van der Waals surface area contributed by atoms with Gasteiger partial charge < -0.3 is 9.53 Å². The maximum absolute atomic E-state index is 10.7. The molecule has 0 heterocycles. The summed E-state index contributed by atoms with van der Waals surface area (Å²) < 4.78 is 5.12. The number of carbonyl (C=O) groups excluding carboxylic acids is 1. The molecular formula is C11H13BrO2. The second kappa shape index (κ2) is 5.15. The Morgan fingerprint density at radius 2 is 2.29 bits per heavy atom. The fourth-order valence-electron chi connectivity index (χ4n) is 1.32. The van der Waals surface area contributed by atoms with Crippen molar-refractivity contribution < 1.29 is 9.53 Å². The molecular weight excluding hydrogens is 244 g/mol. The highest BCUT2D eigenvalue weighted by molar-refractivity contribution is 9.08. The number of benzene rings is 1. The number of carbonyl (C=O) groups is 1. The number of alkyl halides is 1. The second-order valence-electron chi connectivity index (χ2n) is 3.12. The lowest BCUT2D eigenvalue weighted by molar-refractivity contribution is -0.108. The molecule has 0 saturated carbocycles. The van der Waals surface area contributed by atoms with E-state index in [-0.39, 0.29) is 5.92 Å². The predicted octanol–water partition coefficient (Wildman–Crippen LogP) is 2.89. The monoisotopic (exact) mass is 256 g/mol. The van der Waals surface area contributed by atoms with Gasteiger partial charge in [0.05, 0.1) is 7.11 Å². The van der Waals surface area contributed by atoms with Gasteiger partial charge in [-0.3, -0.25) is 0 Å². The summed E-state index contributed by atoms with van der Waals surface area (Å²) in [6, 6.07) is 5.79. The van der Waals surface area contributed by atoms with E-state index in [4.69, 9.17) is 4.74 Å². The van der Waals surface area contributed by atoms with E-state index in [1.807, 2.05) is 25.1 Å². The first-order valence-electron chi connectivity index (χ1n) is 4.41. The molecule has 76 valence electrons. The summed E-state index contributed by atoms with van der Waals surface area (Å²) in [6.45, 7) is 1.88. The molecule has 0 aliphatic heterocycles. The Labute approximate surface area is 92.4 Å². The molecule has 0 N–H and O–H groups in total. The normalized spacial score (nSPS) is 12.2. The smallest absolute Gasteiger partial charge is 0.127 e. The molecule has 2 nitrogen and oxygen atoms in total. The van der Waals surface area contributed by atoms with Crippen molar-refractivity contribution in [2.45, 2.75) is 18.2 Å². The Morgan fingerprint density at radius 1 is 1.57 bits per heavy atom. The number of hydrogen-bond acceptors (Lipinski definition) is 2. The van der Waals surface area contributed by atoms with E-state index in [9.17, 15) is 4.79 Å². The lowest BCUT2D eigenvalue weighted by Gasteiger charge is -2.11. The molecule has 0 aromatic heterocycles. The molecule has 14 heavy (non-hydrogen) atoms. The first-order valence-corrected chi connectivity index (χ1v) is 5.53. The lowest BCUT2D eigenvalue weighted by atomic mass is 9.97. The van der Waals surface area contributed by atoms with Crippen LogP contribution in [0.1, 0.15) is 24.0 Å². The van der Waals surface area contributed by atoms with Crippen molar-refractivity contribution in [3.8, 4) is 5.75 Å². The fourth-order valence-corrected chi connectivity index (χ4v) is 1.83. The topological polar surface area (TPSA) is 26.3 Å². The molecule has 1 atom stereocenters. The van der Waals surface area contributed by atoms with Crippen molar-refractivity contribution in [1.82, 2.24) is 0 Å². The van der Waals surface area contributed by atoms with Crippen LogP contribution in [0.3, 0.4) is 0 Å². The standard InChI is InChI=1S/C11H13BrO2/c1-8(7-13)11-5-10(14-2)4-3-9(11)6-12/h3-5,7-8H,6H2,1-2H3. The average Bonchev–Trinajstić information content (AvgIpc) is 2.27. The average molecular weight is 257 g/mol. The third kappa shape index (κ3) is 2.35. The van der Waals surface area contributed by atoms with Crippen LogP contribution >= 0.6 is 15.9 Å². The van der Waals surface area contributed by atoms with Crippen LogP contribution in [0.2, 0.25) is 0 Å². The molecule has 3 heteroatoms. The van der Waals surface area contributed by atoms with Crippen LogP contribution in [0, 0.1) is 0 Å². The number of ether oxygens (including phenoxy) is 1. The van der Waals surface area contributed by atoms with Crippen molar-refractivity contribution in [2.75, 3.05) is 7.11 Å². The van der Waals surface area contributed by atoms with E-state index < -0.39 is 0 Å². The van der Waals surface area contributed by atoms with E-state index in [0.717, 1.165) is 28.5 Å². The third-order valence-electron chi connectivity index (χ3n) is 2.19. The minimum atomic E-state index is -0.0855. The number of methoxy groups -OCH3 is 1. The number of rotatable bonds is 4. The van der Waals surface area contributed by atoms with Gasteiger partial charge in [0.15, 0.2) is 0 Å². The Kier molecular flexibility index (Phi) is 4.14. The quantitative estimate of drug-likeness (QED) is 0.612. The number of hydrogen-bond donors (Lipinski definition) is 0. The molecule has 1 aromatic carbocycles. The lowest BCUT2D eigenvalue weighted by Crippen LogP contribution is -1.99. The summed E-state index contributed by atoms with van der Waals surface area (Å²) >= 11 is 3.40. The first kappa shape index (κ1) is 11.2. The van der Waals surface area contributed by atoms with Gasteiger partial charge in [-0.2, -0.15) is 0 Å². The molecule has 0 bridgehead atoms. The van der Waals surface area contributed by atoms with Gasteiger partial charge in [-0.1, -0.05) is 28.9 Å². The zero-order valence-corrected chi connectivity index (χ0v) is 9.87. The van der Waals surface area contributed by atoms with Crippen LogP contribution in [0.15, 0.2) is 18.2 Å². The molecule has 0 aliphatic carbocycles. The van der Waals surface area contributed by atoms with Gasteiger partial charge in [-0.25, -0.2) is 0 Å². The Balaban J connectivity index is 3.14. The molecule has 0 radical (unpaired) electrons. The predicted molar refractivity (Wildman–Crippen MR) is 60.1 cm³/mol. The molecule has 1 unspecified atom stereocenters. The van der Waals surface area contributed by atoms with Crippen LogP contribution in [0.4, 0.5) is 0 Å². The number of aldehydes is 1. The van der Waals surface area contributed by atoms with Gasteiger partial charge in [-0.15, -0.1) is 0 Å². The van der Waals surface area contributed by atoms with Crippen molar-refractivity contribution in [1.29, 1.82) is 0 Å². The maximum Gasteiger partial charge on any atom is 0.127 e. The van der Waals surface area contributed by atoms with E-state index in [1.54, 1.807) is 7.11 Å². The molecule has 0 aliphatic rings. The molecule has 0 amide bonds. The van der Waals surface area contributed by atoms with Crippen LogP contribution in [-0.4, -0.2) is 13.4 Å². The molecule has 0 spiro atoms. The van der Waals surface area contributed by atoms with E-state index in [2.05, 4.69) is 15.9 Å². The zero-order chi connectivity index (χ0) is 10.6. The second-order valence-corrected chi connectivity index (χ2v) is 3.68. The Morgan fingerprint density at radius 3 is 2.79 bits per heavy atom. The van der Waals surface area contributed by atoms with Gasteiger partial charge in [0, 0.05) is 11.2 Å². The molecule has 0 fully saturated rings. The minimum Gasteiger partial charge on any atom is -0.497 e. The van der Waals surface area contributed by atoms with Crippen LogP contribution in [-0.2, 0) is 10.1 Å². The van der Waals surface area contributed by atoms with Crippen LogP contribution < -0.4 is 4.74 Å². The van der Waals surface area contributed by atoms with Gasteiger partial charge in [0.25, 0.3) is 0 Å². The summed E-state index contributed by atoms with van der Waals surface area (Å²) in [4.78, 5) is 10.7. The first-order chi connectivity index (χ1) is 6.72. The molecule has 0 saturated heterocycles.